The molecule has 1 aromatic rings. The lowest BCUT2D eigenvalue weighted by Crippen LogP contribution is -2.43. The summed E-state index contributed by atoms with van der Waals surface area (Å²) in [6.07, 6.45) is 4.71. The highest BCUT2D eigenvalue weighted by Gasteiger charge is 2.59. The van der Waals surface area contributed by atoms with Gasteiger partial charge in [0.05, 0.1) is 45.6 Å². The number of esters is 1. The first kappa shape index (κ1) is 21.9. The van der Waals surface area contributed by atoms with Crippen LogP contribution in [0.1, 0.15) is 24.4 Å². The molecule has 9 nitrogen and oxygen atoms in total. The van der Waals surface area contributed by atoms with Gasteiger partial charge in [0.25, 0.3) is 0 Å². The fourth-order valence-corrected chi connectivity index (χ4v) is 5.08. The molecule has 2 bridgehead atoms. The minimum absolute atomic E-state index is 0.0772. The van der Waals surface area contributed by atoms with E-state index in [4.69, 9.17) is 14.2 Å². The molecular formula is C23H26N2O7. The first-order chi connectivity index (χ1) is 15.4. The number of methoxy groups -OCH3 is 3. The minimum Gasteiger partial charge on any atom is -0.493 e. The zero-order valence-corrected chi connectivity index (χ0v) is 18.2. The van der Waals surface area contributed by atoms with Gasteiger partial charge in [0.2, 0.25) is 17.7 Å². The van der Waals surface area contributed by atoms with E-state index in [9.17, 15) is 19.2 Å². The molecule has 170 valence electrons. The van der Waals surface area contributed by atoms with Crippen LogP contribution >= 0.6 is 0 Å². The summed E-state index contributed by atoms with van der Waals surface area (Å²) in [7, 11) is 4.25. The number of carbonyl (C=O) groups is 4. The Bertz CT molecular complexity index is 959. The Balaban J connectivity index is 1.49. The normalized spacial score (nSPS) is 26.2. The van der Waals surface area contributed by atoms with Crippen LogP contribution in [0.2, 0.25) is 0 Å². The lowest BCUT2D eigenvalue weighted by molar-refractivity contribution is -0.145. The second-order valence-electron chi connectivity index (χ2n) is 8.28. The van der Waals surface area contributed by atoms with Crippen molar-refractivity contribution in [1.29, 1.82) is 0 Å². The molecule has 3 aliphatic rings. The van der Waals surface area contributed by atoms with Crippen molar-refractivity contribution in [3.8, 4) is 11.5 Å². The molecule has 4 rings (SSSR count). The average molecular weight is 442 g/mol. The highest BCUT2D eigenvalue weighted by molar-refractivity contribution is 6.08. The van der Waals surface area contributed by atoms with Gasteiger partial charge in [0, 0.05) is 0 Å². The number of carbonyl (C=O) groups excluding carboxylic acids is 4. The van der Waals surface area contributed by atoms with Crippen molar-refractivity contribution in [3.63, 3.8) is 0 Å². The Morgan fingerprint density at radius 3 is 2.22 bits per heavy atom. The zero-order chi connectivity index (χ0) is 23.0. The van der Waals surface area contributed by atoms with Crippen molar-refractivity contribution < 1.29 is 33.4 Å². The zero-order valence-electron chi connectivity index (χ0n) is 18.2. The molecule has 1 saturated carbocycles. The Labute approximate surface area is 185 Å². The van der Waals surface area contributed by atoms with Gasteiger partial charge in [-0.25, -0.2) is 0 Å². The van der Waals surface area contributed by atoms with Gasteiger partial charge in [0.15, 0.2) is 11.5 Å². The lowest BCUT2D eigenvalue weighted by Gasteiger charge is -2.22. The quantitative estimate of drug-likeness (QED) is 0.366. The van der Waals surface area contributed by atoms with Crippen LogP contribution in [-0.2, 0) is 23.9 Å². The van der Waals surface area contributed by atoms with Crippen molar-refractivity contribution >= 4 is 23.7 Å². The molecule has 9 heteroatoms. The summed E-state index contributed by atoms with van der Waals surface area (Å²) in [5.74, 6) is -1.25. The van der Waals surface area contributed by atoms with Gasteiger partial charge >= 0.3 is 5.97 Å². The molecule has 3 amide bonds. The maximum atomic E-state index is 12.8. The Morgan fingerprint density at radius 1 is 1.03 bits per heavy atom. The molecule has 5 atom stereocenters. The second kappa shape index (κ2) is 8.64. The number of fused-ring (bicyclic) bond motifs is 5. The molecule has 0 radical (unpaired) electrons. The number of amides is 3. The maximum Gasteiger partial charge on any atom is 0.307 e. The van der Waals surface area contributed by atoms with E-state index in [-0.39, 0.29) is 48.5 Å². The molecule has 0 aromatic heterocycles. The Hall–Kier alpha value is -3.36. The van der Waals surface area contributed by atoms with Crippen LogP contribution < -0.4 is 14.8 Å². The topological polar surface area (TPSA) is 111 Å². The number of ether oxygens (including phenoxy) is 3. The molecule has 1 aromatic carbocycles. The van der Waals surface area contributed by atoms with Gasteiger partial charge < -0.3 is 19.5 Å². The fraction of sp³-hybridized carbons (Fsp3) is 0.478. The van der Waals surface area contributed by atoms with E-state index >= 15 is 0 Å². The Kier molecular flexibility index (Phi) is 5.90. The minimum atomic E-state index is -0.736. The van der Waals surface area contributed by atoms with Gasteiger partial charge in [-0.2, -0.15) is 0 Å². The number of hydrogen-bond acceptors (Lipinski definition) is 7. The van der Waals surface area contributed by atoms with E-state index in [1.54, 1.807) is 18.2 Å². The third-order valence-electron chi connectivity index (χ3n) is 6.61. The Morgan fingerprint density at radius 2 is 1.66 bits per heavy atom. The summed E-state index contributed by atoms with van der Waals surface area (Å²) in [6.45, 7) is -0.380. The van der Waals surface area contributed by atoms with E-state index in [0.717, 1.165) is 11.3 Å². The van der Waals surface area contributed by atoms with Crippen LogP contribution in [0.25, 0.3) is 0 Å². The van der Waals surface area contributed by atoms with Crippen LogP contribution in [0.3, 0.4) is 0 Å². The average Bonchev–Trinajstić information content (AvgIpc) is 3.48. The molecule has 1 aliphatic heterocycles. The van der Waals surface area contributed by atoms with Gasteiger partial charge in [-0.05, 0) is 36.0 Å². The first-order valence-corrected chi connectivity index (χ1v) is 10.5. The summed E-state index contributed by atoms with van der Waals surface area (Å²) in [5, 5.41) is 2.76. The van der Waals surface area contributed by atoms with Crippen molar-refractivity contribution in [1.82, 2.24) is 10.2 Å². The van der Waals surface area contributed by atoms with Gasteiger partial charge in [0.1, 0.15) is 6.54 Å². The largest absolute Gasteiger partial charge is 0.493 e. The SMILES string of the molecule is COC(=O)CC(NC(=O)CN1C(=O)C2C3C=CC(C3)C2C1=O)c1ccc(OC)c(OC)c1. The molecule has 2 fully saturated rings. The number of nitrogens with zero attached hydrogens (tertiary/aromatic N) is 1. The van der Waals surface area contributed by atoms with Crippen molar-refractivity contribution in [3.05, 3.63) is 35.9 Å². The molecule has 1 N–H and O–H groups in total. The van der Waals surface area contributed by atoms with Gasteiger partial charge in [-0.3, -0.25) is 24.1 Å². The summed E-state index contributed by atoms with van der Waals surface area (Å²) in [5.41, 5.74) is 0.597. The fourth-order valence-electron chi connectivity index (χ4n) is 5.08. The predicted molar refractivity (Wildman–Crippen MR) is 111 cm³/mol. The molecule has 2 aliphatic carbocycles. The lowest BCUT2D eigenvalue weighted by atomic mass is 9.85. The molecule has 0 spiro atoms. The van der Waals surface area contributed by atoms with Crippen LogP contribution in [0.5, 0.6) is 11.5 Å². The van der Waals surface area contributed by atoms with E-state index < -0.39 is 17.9 Å². The number of allylic oxidation sites excluding steroid dienone is 2. The van der Waals surface area contributed by atoms with E-state index in [0.29, 0.717) is 17.1 Å². The third kappa shape index (κ3) is 3.72. The maximum absolute atomic E-state index is 12.8. The van der Waals surface area contributed by atoms with Gasteiger partial charge in [-0.1, -0.05) is 18.2 Å². The molecule has 32 heavy (non-hydrogen) atoms. The molecule has 5 unspecified atom stereocenters. The van der Waals surface area contributed by atoms with Crippen molar-refractivity contribution in [2.75, 3.05) is 27.9 Å². The number of benzene rings is 1. The highest BCUT2D eigenvalue weighted by Crippen LogP contribution is 2.52. The van der Waals surface area contributed by atoms with Crippen LogP contribution in [0.4, 0.5) is 0 Å². The number of nitrogens with one attached hydrogen (secondary N) is 1. The summed E-state index contributed by atoms with van der Waals surface area (Å²) in [6, 6.07) is 4.30. The number of imide groups is 1. The van der Waals surface area contributed by atoms with Crippen LogP contribution in [-0.4, -0.2) is 56.5 Å². The van der Waals surface area contributed by atoms with E-state index in [1.807, 2.05) is 12.2 Å². The molecular weight excluding hydrogens is 416 g/mol. The number of likely N-dealkylation sites (tertiary alicyclic amines) is 1. The predicted octanol–water partition coefficient (Wildman–Crippen LogP) is 1.23. The van der Waals surface area contributed by atoms with E-state index in [2.05, 4.69) is 5.32 Å². The smallest absolute Gasteiger partial charge is 0.307 e. The number of hydrogen-bond donors (Lipinski definition) is 1. The molecule has 1 heterocycles. The van der Waals surface area contributed by atoms with Gasteiger partial charge in [-0.15, -0.1) is 0 Å². The monoisotopic (exact) mass is 442 g/mol. The van der Waals surface area contributed by atoms with Crippen molar-refractivity contribution in [2.24, 2.45) is 23.7 Å². The third-order valence-corrected chi connectivity index (χ3v) is 6.61. The highest BCUT2D eigenvalue weighted by atomic mass is 16.5. The van der Waals surface area contributed by atoms with E-state index in [1.165, 1.54) is 21.3 Å². The van der Waals surface area contributed by atoms with Crippen LogP contribution in [0, 0.1) is 23.7 Å². The number of rotatable bonds is 8. The van der Waals surface area contributed by atoms with Crippen molar-refractivity contribution in [2.45, 2.75) is 18.9 Å². The second-order valence-corrected chi connectivity index (χ2v) is 8.28. The van der Waals surface area contributed by atoms with Crippen LogP contribution in [0.15, 0.2) is 30.4 Å². The summed E-state index contributed by atoms with van der Waals surface area (Å²) < 4.78 is 15.3. The summed E-state index contributed by atoms with van der Waals surface area (Å²) >= 11 is 0. The first-order valence-electron chi connectivity index (χ1n) is 10.5. The molecule has 1 saturated heterocycles. The summed E-state index contributed by atoms with van der Waals surface area (Å²) in [4.78, 5) is 51.5. The standard InChI is InChI=1S/C23H26N2O7/c1-30-16-7-6-12(9-17(16)31-2)15(10-19(27)32-3)24-18(26)11-25-22(28)20-13-4-5-14(8-13)21(20)23(25)29/h4-7,9,13-15,20-21H,8,10-11H2,1-3H3,(H,24,26).